The predicted octanol–water partition coefficient (Wildman–Crippen LogP) is 2.34. The van der Waals surface area contributed by atoms with Crippen LogP contribution in [0.4, 0.5) is 0 Å². The Balaban J connectivity index is 1.76. The summed E-state index contributed by atoms with van der Waals surface area (Å²) >= 11 is 0. The number of aromatic nitrogens is 2. The first-order valence-electron chi connectivity index (χ1n) is 7.17. The molecule has 0 saturated heterocycles. The van der Waals surface area contributed by atoms with Crippen molar-refractivity contribution in [1.82, 2.24) is 14.9 Å². The second-order valence-electron chi connectivity index (χ2n) is 5.27. The molecule has 2 aromatic heterocycles. The normalized spacial score (nSPS) is 15.7. The van der Waals surface area contributed by atoms with Gasteiger partial charge in [0.25, 0.3) is 5.91 Å². The molecule has 5 heteroatoms. The first-order chi connectivity index (χ1) is 10.3. The van der Waals surface area contributed by atoms with E-state index in [0.29, 0.717) is 18.3 Å². The molecule has 1 aliphatic rings. The molecule has 1 N–H and O–H groups in total. The van der Waals surface area contributed by atoms with Gasteiger partial charge in [0.05, 0.1) is 18.3 Å². The highest BCUT2D eigenvalue weighted by atomic mass is 16.5. The average molecular weight is 285 g/mol. The maximum Gasteiger partial charge on any atom is 0.268 e. The summed E-state index contributed by atoms with van der Waals surface area (Å²) in [5, 5.41) is 3.01. The molecule has 0 aliphatic heterocycles. The largest absolute Gasteiger partial charge is 0.382 e. The first kappa shape index (κ1) is 13.8. The number of hydrogen-bond acceptors (Lipinski definition) is 3. The van der Waals surface area contributed by atoms with E-state index >= 15 is 0 Å². The van der Waals surface area contributed by atoms with Crippen LogP contribution in [0, 0.1) is 0 Å². The van der Waals surface area contributed by atoms with Gasteiger partial charge in [-0.15, -0.1) is 0 Å². The van der Waals surface area contributed by atoms with Crippen LogP contribution in [-0.2, 0) is 4.74 Å². The lowest BCUT2D eigenvalue weighted by Gasteiger charge is -2.18. The van der Waals surface area contributed by atoms with Gasteiger partial charge >= 0.3 is 0 Å². The van der Waals surface area contributed by atoms with Gasteiger partial charge in [-0.2, -0.15) is 0 Å². The lowest BCUT2D eigenvalue weighted by molar-refractivity contribution is 0.0885. The molecule has 0 radical (unpaired) electrons. The third-order valence-electron chi connectivity index (χ3n) is 3.64. The molecule has 5 nitrogen and oxygen atoms in total. The quantitative estimate of drug-likeness (QED) is 0.886. The van der Waals surface area contributed by atoms with Crippen molar-refractivity contribution < 1.29 is 9.53 Å². The van der Waals surface area contributed by atoms with Crippen LogP contribution in [0.1, 0.15) is 41.1 Å². The number of nitrogens with zero attached hydrogens (tertiary/aromatic N) is 2. The van der Waals surface area contributed by atoms with Crippen LogP contribution in [0.15, 0.2) is 42.7 Å². The Morgan fingerprint density at radius 1 is 1.43 bits per heavy atom. The summed E-state index contributed by atoms with van der Waals surface area (Å²) in [6.45, 7) is 0.396. The molecule has 110 valence electrons. The summed E-state index contributed by atoms with van der Waals surface area (Å²) in [5.74, 6) is -0.0837. The number of ether oxygens (including phenoxy) is 1. The first-order valence-corrected chi connectivity index (χ1v) is 7.17. The van der Waals surface area contributed by atoms with Gasteiger partial charge in [0.1, 0.15) is 5.69 Å². The maximum atomic E-state index is 12.5. The third kappa shape index (κ3) is 3.13. The molecular formula is C16H19N3O2. The Morgan fingerprint density at radius 3 is 2.95 bits per heavy atom. The van der Waals surface area contributed by atoms with E-state index < -0.39 is 0 Å². The molecule has 0 bridgehead atoms. The van der Waals surface area contributed by atoms with Crippen LogP contribution in [-0.4, -0.2) is 29.2 Å². The molecule has 1 aliphatic carbocycles. The minimum Gasteiger partial charge on any atom is -0.382 e. The number of pyridine rings is 1. The number of carbonyl (C=O) groups excluding carboxylic acids is 1. The van der Waals surface area contributed by atoms with Gasteiger partial charge in [-0.1, -0.05) is 6.07 Å². The van der Waals surface area contributed by atoms with Gasteiger partial charge in [-0.25, -0.2) is 0 Å². The Hall–Kier alpha value is -2.14. The molecule has 1 amide bonds. The molecule has 2 heterocycles. The van der Waals surface area contributed by atoms with Gasteiger partial charge < -0.3 is 14.6 Å². The molecule has 0 aromatic carbocycles. The Labute approximate surface area is 124 Å². The van der Waals surface area contributed by atoms with Crippen molar-refractivity contribution in [3.63, 3.8) is 0 Å². The molecule has 0 spiro atoms. The third-order valence-corrected chi connectivity index (χ3v) is 3.64. The van der Waals surface area contributed by atoms with Gasteiger partial charge in [-0.05, 0) is 37.1 Å². The minimum absolute atomic E-state index is 0.0837. The summed E-state index contributed by atoms with van der Waals surface area (Å²) in [4.78, 5) is 16.8. The van der Waals surface area contributed by atoms with Gasteiger partial charge in [0, 0.05) is 25.5 Å². The van der Waals surface area contributed by atoms with E-state index in [-0.39, 0.29) is 11.9 Å². The van der Waals surface area contributed by atoms with Crippen molar-refractivity contribution >= 4 is 5.91 Å². The number of hydrogen-bond donors (Lipinski definition) is 1. The predicted molar refractivity (Wildman–Crippen MR) is 79.0 cm³/mol. The van der Waals surface area contributed by atoms with Crippen molar-refractivity contribution in [2.45, 2.75) is 24.9 Å². The SMILES string of the molecule is COC[C@@H](NC(=O)c1cccn1C1CC1)c1ccccn1. The zero-order valence-corrected chi connectivity index (χ0v) is 12.0. The van der Waals surface area contributed by atoms with Crippen molar-refractivity contribution in [2.75, 3.05) is 13.7 Å². The maximum absolute atomic E-state index is 12.5. The molecule has 3 rings (SSSR count). The number of nitrogens with one attached hydrogen (secondary N) is 1. The fourth-order valence-corrected chi connectivity index (χ4v) is 2.44. The molecule has 1 saturated carbocycles. The zero-order valence-electron chi connectivity index (χ0n) is 12.0. The van der Waals surface area contributed by atoms with E-state index in [2.05, 4.69) is 14.9 Å². The van der Waals surface area contributed by atoms with Gasteiger partial charge in [0.2, 0.25) is 0 Å². The number of carbonyl (C=O) groups is 1. The molecule has 1 atom stereocenters. The Bertz CT molecular complexity index is 605. The standard InChI is InChI=1S/C16H19N3O2/c1-21-11-14(13-5-2-3-9-17-13)18-16(20)15-6-4-10-19(15)12-7-8-12/h2-6,9-10,12,14H,7-8,11H2,1H3,(H,18,20)/t14-/m1/s1. The molecule has 1 fully saturated rings. The minimum atomic E-state index is -0.244. The smallest absolute Gasteiger partial charge is 0.268 e. The van der Waals surface area contributed by atoms with E-state index in [1.54, 1.807) is 13.3 Å². The van der Waals surface area contributed by atoms with E-state index in [9.17, 15) is 4.79 Å². The zero-order chi connectivity index (χ0) is 14.7. The molecule has 2 aromatic rings. The van der Waals surface area contributed by atoms with Crippen molar-refractivity contribution in [2.24, 2.45) is 0 Å². The van der Waals surface area contributed by atoms with Crippen molar-refractivity contribution in [3.8, 4) is 0 Å². The summed E-state index contributed by atoms with van der Waals surface area (Å²) in [6.07, 6.45) is 5.99. The highest BCUT2D eigenvalue weighted by Gasteiger charge is 2.27. The second-order valence-corrected chi connectivity index (χ2v) is 5.27. The van der Waals surface area contributed by atoms with E-state index in [1.807, 2.05) is 36.5 Å². The van der Waals surface area contributed by atoms with E-state index in [0.717, 1.165) is 18.5 Å². The van der Waals surface area contributed by atoms with Gasteiger partial charge in [-0.3, -0.25) is 9.78 Å². The Morgan fingerprint density at radius 2 is 2.29 bits per heavy atom. The number of amides is 1. The number of methoxy groups -OCH3 is 1. The molecule has 0 unspecified atom stereocenters. The van der Waals surface area contributed by atoms with Crippen LogP contribution in [0.25, 0.3) is 0 Å². The monoisotopic (exact) mass is 285 g/mol. The lowest BCUT2D eigenvalue weighted by atomic mass is 10.2. The fourth-order valence-electron chi connectivity index (χ4n) is 2.44. The van der Waals surface area contributed by atoms with Crippen LogP contribution in [0.3, 0.4) is 0 Å². The van der Waals surface area contributed by atoms with Crippen LogP contribution < -0.4 is 5.32 Å². The fraction of sp³-hybridized carbons (Fsp3) is 0.375. The highest BCUT2D eigenvalue weighted by Crippen LogP contribution is 2.36. The second kappa shape index (κ2) is 6.10. The van der Waals surface area contributed by atoms with Crippen LogP contribution >= 0.6 is 0 Å². The van der Waals surface area contributed by atoms with Crippen LogP contribution in [0.5, 0.6) is 0 Å². The summed E-state index contributed by atoms with van der Waals surface area (Å²) in [7, 11) is 1.62. The van der Waals surface area contributed by atoms with E-state index in [4.69, 9.17) is 4.74 Å². The van der Waals surface area contributed by atoms with Crippen molar-refractivity contribution in [1.29, 1.82) is 0 Å². The molecule has 21 heavy (non-hydrogen) atoms. The topological polar surface area (TPSA) is 56.1 Å². The lowest BCUT2D eigenvalue weighted by Crippen LogP contribution is -2.33. The summed E-state index contributed by atoms with van der Waals surface area (Å²) in [6, 6.07) is 9.67. The average Bonchev–Trinajstić information content (AvgIpc) is 3.24. The van der Waals surface area contributed by atoms with E-state index in [1.165, 1.54) is 0 Å². The van der Waals surface area contributed by atoms with Crippen LogP contribution in [0.2, 0.25) is 0 Å². The van der Waals surface area contributed by atoms with Gasteiger partial charge in [0.15, 0.2) is 0 Å². The molecular weight excluding hydrogens is 266 g/mol. The summed E-state index contributed by atoms with van der Waals surface area (Å²) in [5.41, 5.74) is 1.51. The van der Waals surface area contributed by atoms with Crippen molar-refractivity contribution in [3.05, 3.63) is 54.1 Å². The summed E-state index contributed by atoms with van der Waals surface area (Å²) < 4.78 is 7.26. The highest BCUT2D eigenvalue weighted by molar-refractivity contribution is 5.93. The number of rotatable bonds is 6. The Kier molecular flexibility index (Phi) is 4.01.